The minimum absolute atomic E-state index is 0.230. The molecule has 0 aliphatic heterocycles. The molecule has 0 bridgehead atoms. The van der Waals surface area contributed by atoms with Gasteiger partial charge in [0.2, 0.25) is 11.7 Å². The van der Waals surface area contributed by atoms with Gasteiger partial charge in [0.05, 0.1) is 6.61 Å². The molecule has 6 nitrogen and oxygen atoms in total. The summed E-state index contributed by atoms with van der Waals surface area (Å²) in [7, 11) is 0. The van der Waals surface area contributed by atoms with Crippen molar-refractivity contribution in [2.24, 2.45) is 0 Å². The number of carbonyl (C=O) groups is 1. The molecular weight excluding hydrogens is 314 g/mol. The number of hydrogen-bond acceptors (Lipinski definition) is 6. The first kappa shape index (κ1) is 13.7. The van der Waals surface area contributed by atoms with Crippen molar-refractivity contribution in [1.29, 1.82) is 0 Å². The van der Waals surface area contributed by atoms with E-state index in [-0.39, 0.29) is 11.9 Å². The maximum absolute atomic E-state index is 11.6. The van der Waals surface area contributed by atoms with Crippen molar-refractivity contribution in [1.82, 2.24) is 15.1 Å². The molecule has 0 aliphatic carbocycles. The second kappa shape index (κ2) is 5.92. The Kier molecular flexibility index (Phi) is 4.26. The summed E-state index contributed by atoms with van der Waals surface area (Å²) < 4.78 is 10.8. The van der Waals surface area contributed by atoms with Crippen molar-refractivity contribution in [2.45, 2.75) is 19.8 Å². The van der Waals surface area contributed by atoms with Crippen molar-refractivity contribution in [3.8, 4) is 11.4 Å². The molecule has 2 aromatic heterocycles. The van der Waals surface area contributed by atoms with Gasteiger partial charge in [0.1, 0.15) is 5.92 Å². The fourth-order valence-corrected chi connectivity index (χ4v) is 1.80. The maximum atomic E-state index is 11.6. The van der Waals surface area contributed by atoms with Gasteiger partial charge in [-0.3, -0.25) is 9.78 Å². The third-order valence-electron chi connectivity index (χ3n) is 2.42. The molecular formula is C12H12BrN3O3. The SMILES string of the molecule is CCOC(=O)C(C)c1nc(-c2cncc(Br)c2)no1. The highest BCUT2D eigenvalue weighted by molar-refractivity contribution is 9.10. The molecule has 0 saturated carbocycles. The molecule has 100 valence electrons. The van der Waals surface area contributed by atoms with E-state index in [1.807, 2.05) is 6.07 Å². The average Bonchev–Trinajstić information content (AvgIpc) is 2.87. The zero-order valence-electron chi connectivity index (χ0n) is 10.5. The monoisotopic (exact) mass is 325 g/mol. The molecule has 0 radical (unpaired) electrons. The van der Waals surface area contributed by atoms with E-state index in [2.05, 4.69) is 31.1 Å². The normalized spacial score (nSPS) is 12.2. The molecule has 1 unspecified atom stereocenters. The second-order valence-corrected chi connectivity index (χ2v) is 4.74. The summed E-state index contributed by atoms with van der Waals surface area (Å²) in [5, 5.41) is 3.84. The Labute approximate surface area is 118 Å². The third kappa shape index (κ3) is 3.17. The number of rotatable bonds is 4. The van der Waals surface area contributed by atoms with E-state index in [1.165, 1.54) is 0 Å². The minimum Gasteiger partial charge on any atom is -0.465 e. The van der Waals surface area contributed by atoms with Gasteiger partial charge in [-0.15, -0.1) is 0 Å². The number of esters is 1. The van der Waals surface area contributed by atoms with Crippen LogP contribution in [-0.2, 0) is 9.53 Å². The Bertz CT molecular complexity index is 585. The van der Waals surface area contributed by atoms with Crippen LogP contribution in [0.3, 0.4) is 0 Å². The summed E-state index contributed by atoms with van der Waals surface area (Å²) in [6.45, 7) is 3.73. The summed E-state index contributed by atoms with van der Waals surface area (Å²) in [4.78, 5) is 19.8. The number of nitrogens with zero attached hydrogens (tertiary/aromatic N) is 3. The van der Waals surface area contributed by atoms with Gasteiger partial charge in [-0.05, 0) is 35.8 Å². The minimum atomic E-state index is -0.582. The maximum Gasteiger partial charge on any atom is 0.318 e. The van der Waals surface area contributed by atoms with Crippen LogP contribution in [0.1, 0.15) is 25.7 Å². The van der Waals surface area contributed by atoms with E-state index in [0.717, 1.165) is 4.47 Å². The molecule has 0 aliphatic rings. The van der Waals surface area contributed by atoms with E-state index in [4.69, 9.17) is 9.26 Å². The number of carbonyl (C=O) groups excluding carboxylic acids is 1. The highest BCUT2D eigenvalue weighted by Gasteiger charge is 2.23. The summed E-state index contributed by atoms with van der Waals surface area (Å²) >= 11 is 3.32. The van der Waals surface area contributed by atoms with Crippen LogP contribution in [0.5, 0.6) is 0 Å². The largest absolute Gasteiger partial charge is 0.465 e. The molecule has 7 heteroatoms. The van der Waals surface area contributed by atoms with E-state index in [1.54, 1.807) is 26.2 Å². The van der Waals surface area contributed by atoms with Crippen LogP contribution in [0.2, 0.25) is 0 Å². The van der Waals surface area contributed by atoms with Gasteiger partial charge in [-0.1, -0.05) is 5.16 Å². The van der Waals surface area contributed by atoms with Crippen molar-refractivity contribution in [3.63, 3.8) is 0 Å². The van der Waals surface area contributed by atoms with Crippen molar-refractivity contribution >= 4 is 21.9 Å². The Balaban J connectivity index is 2.21. The predicted octanol–water partition coefficient (Wildman–Crippen LogP) is 2.56. The standard InChI is InChI=1S/C12H12BrN3O3/c1-3-18-12(17)7(2)11-15-10(16-19-11)8-4-9(13)6-14-5-8/h4-7H,3H2,1-2H3. The number of halogens is 1. The van der Waals surface area contributed by atoms with Gasteiger partial charge in [0, 0.05) is 22.4 Å². The number of pyridine rings is 1. The topological polar surface area (TPSA) is 78.1 Å². The van der Waals surface area contributed by atoms with Crippen molar-refractivity contribution < 1.29 is 14.1 Å². The quantitative estimate of drug-likeness (QED) is 0.804. The third-order valence-corrected chi connectivity index (χ3v) is 2.85. The van der Waals surface area contributed by atoms with Crippen molar-refractivity contribution in [2.75, 3.05) is 6.61 Å². The molecule has 0 amide bonds. The summed E-state index contributed by atoms with van der Waals surface area (Å²) in [6.07, 6.45) is 3.28. The molecule has 0 spiro atoms. The van der Waals surface area contributed by atoms with E-state index in [0.29, 0.717) is 18.0 Å². The van der Waals surface area contributed by atoms with Gasteiger partial charge in [-0.2, -0.15) is 4.98 Å². The molecule has 2 aromatic rings. The number of hydrogen-bond donors (Lipinski definition) is 0. The molecule has 2 rings (SSSR count). The smallest absolute Gasteiger partial charge is 0.318 e. The fraction of sp³-hybridized carbons (Fsp3) is 0.333. The van der Waals surface area contributed by atoms with Crippen LogP contribution in [-0.4, -0.2) is 27.7 Å². The molecule has 0 aromatic carbocycles. The first-order valence-corrected chi connectivity index (χ1v) is 6.52. The molecule has 19 heavy (non-hydrogen) atoms. The highest BCUT2D eigenvalue weighted by Crippen LogP contribution is 2.22. The zero-order valence-corrected chi connectivity index (χ0v) is 12.0. The van der Waals surface area contributed by atoms with Gasteiger partial charge < -0.3 is 9.26 Å². The molecule has 0 N–H and O–H groups in total. The first-order valence-electron chi connectivity index (χ1n) is 5.73. The second-order valence-electron chi connectivity index (χ2n) is 3.82. The summed E-state index contributed by atoms with van der Waals surface area (Å²) in [5.41, 5.74) is 0.709. The number of aromatic nitrogens is 3. The van der Waals surface area contributed by atoms with Crippen molar-refractivity contribution in [3.05, 3.63) is 28.8 Å². The molecule has 0 saturated heterocycles. The Morgan fingerprint density at radius 2 is 2.32 bits per heavy atom. The lowest BCUT2D eigenvalue weighted by atomic mass is 10.2. The zero-order chi connectivity index (χ0) is 13.8. The van der Waals surface area contributed by atoms with E-state index >= 15 is 0 Å². The lowest BCUT2D eigenvalue weighted by Gasteiger charge is -2.04. The van der Waals surface area contributed by atoms with Gasteiger partial charge in [0.15, 0.2) is 0 Å². The first-order chi connectivity index (χ1) is 9.11. The van der Waals surface area contributed by atoms with Gasteiger partial charge in [0.25, 0.3) is 0 Å². The highest BCUT2D eigenvalue weighted by atomic mass is 79.9. The lowest BCUT2D eigenvalue weighted by molar-refractivity contribution is -0.145. The summed E-state index contributed by atoms with van der Waals surface area (Å²) in [6, 6.07) is 1.82. The van der Waals surface area contributed by atoms with Crippen LogP contribution in [0.4, 0.5) is 0 Å². The van der Waals surface area contributed by atoms with Gasteiger partial charge >= 0.3 is 5.97 Å². The Morgan fingerprint density at radius 1 is 1.53 bits per heavy atom. The molecule has 1 atom stereocenters. The van der Waals surface area contributed by atoms with Crippen LogP contribution < -0.4 is 0 Å². The van der Waals surface area contributed by atoms with E-state index < -0.39 is 5.92 Å². The van der Waals surface area contributed by atoms with Crippen LogP contribution in [0.25, 0.3) is 11.4 Å². The van der Waals surface area contributed by atoms with Crippen LogP contribution in [0, 0.1) is 0 Å². The Hall–Kier alpha value is -1.76. The van der Waals surface area contributed by atoms with Gasteiger partial charge in [-0.25, -0.2) is 0 Å². The fourth-order valence-electron chi connectivity index (χ4n) is 1.43. The van der Waals surface area contributed by atoms with Crippen LogP contribution >= 0.6 is 15.9 Å². The summed E-state index contributed by atoms with van der Waals surface area (Å²) in [5.74, 6) is -0.347. The lowest BCUT2D eigenvalue weighted by Crippen LogP contribution is -2.13. The van der Waals surface area contributed by atoms with E-state index in [9.17, 15) is 4.79 Å². The molecule has 2 heterocycles. The predicted molar refractivity (Wildman–Crippen MR) is 70.3 cm³/mol. The molecule has 0 fully saturated rings. The average molecular weight is 326 g/mol. The Morgan fingerprint density at radius 3 is 3.00 bits per heavy atom. The number of ether oxygens (including phenoxy) is 1. The van der Waals surface area contributed by atoms with Crippen LogP contribution in [0.15, 0.2) is 27.5 Å².